The molecule has 0 bridgehead atoms. The Hall–Kier alpha value is -1.86. The molecule has 7 heteroatoms. The van der Waals surface area contributed by atoms with Crippen LogP contribution in [0.2, 0.25) is 0 Å². The second kappa shape index (κ2) is 8.49. The molecule has 0 unspecified atom stereocenters. The minimum absolute atomic E-state index is 0.0525. The Morgan fingerprint density at radius 2 is 2.00 bits per heavy atom. The number of thioether (sulfide) groups is 1. The fraction of sp³-hybridized carbons (Fsp3) is 0.389. The minimum Gasteiger partial charge on any atom is -0.325 e. The smallest absolute Gasteiger partial charge is 0.230 e. The lowest BCUT2D eigenvalue weighted by atomic mass is 10.1. The maximum Gasteiger partial charge on any atom is 0.230 e. The average molecular weight is 376 g/mol. The molecule has 0 radical (unpaired) electrons. The Morgan fingerprint density at radius 1 is 1.24 bits per heavy atom. The van der Waals surface area contributed by atoms with Crippen molar-refractivity contribution >= 4 is 45.7 Å². The summed E-state index contributed by atoms with van der Waals surface area (Å²) in [4.78, 5) is 29.8. The van der Waals surface area contributed by atoms with Crippen LogP contribution in [0.3, 0.4) is 0 Å². The summed E-state index contributed by atoms with van der Waals surface area (Å²) in [5.74, 6) is 0.0518. The van der Waals surface area contributed by atoms with Crippen LogP contribution < -0.4 is 10.6 Å². The summed E-state index contributed by atoms with van der Waals surface area (Å²) in [7, 11) is 0. The number of carbonyl (C=O) groups is 2. The van der Waals surface area contributed by atoms with E-state index in [1.165, 1.54) is 11.3 Å². The third-order valence-electron chi connectivity index (χ3n) is 4.23. The van der Waals surface area contributed by atoms with E-state index in [1.54, 1.807) is 11.8 Å². The molecule has 1 aliphatic rings. The van der Waals surface area contributed by atoms with E-state index in [4.69, 9.17) is 0 Å². The van der Waals surface area contributed by atoms with Gasteiger partial charge in [0.1, 0.15) is 0 Å². The van der Waals surface area contributed by atoms with Gasteiger partial charge in [-0.15, -0.1) is 23.1 Å². The fourth-order valence-electron chi connectivity index (χ4n) is 2.95. The molecule has 1 aromatic heterocycles. The standard InChI is InChI=1S/C18H21N3O2S2/c1-24-15-9-5-4-8-14(15)20-16(22)10-13-11-25-18(19-13)21-17(23)12-6-2-3-7-12/h4-5,8-9,11-12H,2-3,6-7,10H2,1H3,(H,20,22)(H,19,21,23). The number of thiazole rings is 1. The second-order valence-corrected chi connectivity index (χ2v) is 7.75. The molecule has 1 saturated carbocycles. The summed E-state index contributed by atoms with van der Waals surface area (Å²) in [6.07, 6.45) is 6.34. The zero-order chi connectivity index (χ0) is 17.6. The minimum atomic E-state index is -0.111. The maximum absolute atomic E-state index is 12.2. The van der Waals surface area contributed by atoms with Crippen LogP contribution in [0.1, 0.15) is 31.4 Å². The zero-order valence-electron chi connectivity index (χ0n) is 14.1. The normalized spacial score (nSPS) is 14.4. The molecule has 1 aromatic carbocycles. The Bertz CT molecular complexity index is 754. The van der Waals surface area contributed by atoms with E-state index in [0.717, 1.165) is 36.3 Å². The van der Waals surface area contributed by atoms with Crippen LogP contribution in [-0.4, -0.2) is 23.1 Å². The number of carbonyl (C=O) groups excluding carboxylic acids is 2. The number of amides is 2. The highest BCUT2D eigenvalue weighted by Gasteiger charge is 2.23. The Kier molecular flexibility index (Phi) is 6.09. The molecule has 132 valence electrons. The summed E-state index contributed by atoms with van der Waals surface area (Å²) in [5, 5.41) is 8.20. The number of anilines is 2. The Labute approximate surface area is 155 Å². The molecular formula is C18H21N3O2S2. The first-order chi connectivity index (χ1) is 12.2. The first-order valence-electron chi connectivity index (χ1n) is 8.34. The number of nitrogens with zero attached hydrogens (tertiary/aromatic N) is 1. The highest BCUT2D eigenvalue weighted by Crippen LogP contribution is 2.27. The topological polar surface area (TPSA) is 71.1 Å². The van der Waals surface area contributed by atoms with E-state index in [1.807, 2.05) is 35.9 Å². The number of hydrogen-bond acceptors (Lipinski definition) is 5. The van der Waals surface area contributed by atoms with Crippen LogP contribution in [0, 0.1) is 5.92 Å². The quantitative estimate of drug-likeness (QED) is 0.743. The fourth-order valence-corrected chi connectivity index (χ4v) is 4.21. The third kappa shape index (κ3) is 4.83. The van der Waals surface area contributed by atoms with E-state index in [2.05, 4.69) is 15.6 Å². The van der Waals surface area contributed by atoms with Crippen LogP contribution in [-0.2, 0) is 16.0 Å². The van der Waals surface area contributed by atoms with Gasteiger partial charge in [0.2, 0.25) is 11.8 Å². The molecule has 0 aliphatic heterocycles. The van der Waals surface area contributed by atoms with Gasteiger partial charge in [-0.3, -0.25) is 9.59 Å². The lowest BCUT2D eigenvalue weighted by Crippen LogP contribution is -2.20. The zero-order valence-corrected chi connectivity index (χ0v) is 15.7. The van der Waals surface area contributed by atoms with Crippen LogP contribution >= 0.6 is 23.1 Å². The van der Waals surface area contributed by atoms with Crippen molar-refractivity contribution in [3.63, 3.8) is 0 Å². The highest BCUT2D eigenvalue weighted by atomic mass is 32.2. The molecule has 3 rings (SSSR count). The van der Waals surface area contributed by atoms with Crippen LogP contribution in [0.15, 0.2) is 34.5 Å². The molecule has 5 nitrogen and oxygen atoms in total. The van der Waals surface area contributed by atoms with Gasteiger partial charge < -0.3 is 10.6 Å². The Morgan fingerprint density at radius 3 is 2.76 bits per heavy atom. The molecule has 1 heterocycles. The summed E-state index contributed by atoms with van der Waals surface area (Å²) < 4.78 is 0. The maximum atomic E-state index is 12.2. The molecule has 0 saturated heterocycles. The van der Waals surface area contributed by atoms with E-state index in [0.29, 0.717) is 10.8 Å². The van der Waals surface area contributed by atoms with Crippen molar-refractivity contribution < 1.29 is 9.59 Å². The molecule has 1 aliphatic carbocycles. The van der Waals surface area contributed by atoms with Crippen molar-refractivity contribution in [3.05, 3.63) is 35.3 Å². The molecule has 0 atom stereocenters. The first-order valence-corrected chi connectivity index (χ1v) is 10.4. The van der Waals surface area contributed by atoms with Gasteiger partial charge in [-0.25, -0.2) is 4.98 Å². The van der Waals surface area contributed by atoms with Crippen molar-refractivity contribution in [2.24, 2.45) is 5.92 Å². The van der Waals surface area contributed by atoms with Gasteiger partial charge >= 0.3 is 0 Å². The number of aromatic nitrogens is 1. The number of para-hydroxylation sites is 1. The van der Waals surface area contributed by atoms with Gasteiger partial charge in [0.25, 0.3) is 0 Å². The number of nitrogens with one attached hydrogen (secondary N) is 2. The molecule has 2 amide bonds. The highest BCUT2D eigenvalue weighted by molar-refractivity contribution is 7.98. The predicted molar refractivity (Wildman–Crippen MR) is 103 cm³/mol. The van der Waals surface area contributed by atoms with Crippen LogP contribution in [0.5, 0.6) is 0 Å². The van der Waals surface area contributed by atoms with E-state index < -0.39 is 0 Å². The second-order valence-electron chi connectivity index (χ2n) is 6.04. The third-order valence-corrected chi connectivity index (χ3v) is 5.83. The van der Waals surface area contributed by atoms with Crippen LogP contribution in [0.25, 0.3) is 0 Å². The largest absolute Gasteiger partial charge is 0.325 e. The monoisotopic (exact) mass is 375 g/mol. The molecule has 25 heavy (non-hydrogen) atoms. The average Bonchev–Trinajstić information content (AvgIpc) is 3.27. The molecule has 2 N–H and O–H groups in total. The van der Waals surface area contributed by atoms with E-state index >= 15 is 0 Å². The molecule has 2 aromatic rings. The van der Waals surface area contributed by atoms with Crippen molar-refractivity contribution in [2.45, 2.75) is 37.0 Å². The number of rotatable bonds is 6. The van der Waals surface area contributed by atoms with Crippen LogP contribution in [0.4, 0.5) is 10.8 Å². The lowest BCUT2D eigenvalue weighted by Gasteiger charge is -2.08. The summed E-state index contributed by atoms with van der Waals surface area (Å²) in [5.41, 5.74) is 1.48. The van der Waals surface area contributed by atoms with Gasteiger partial charge in [0.05, 0.1) is 17.8 Å². The molecule has 0 spiro atoms. The lowest BCUT2D eigenvalue weighted by molar-refractivity contribution is -0.119. The SMILES string of the molecule is CSc1ccccc1NC(=O)Cc1csc(NC(=O)C2CCCC2)n1. The van der Waals surface area contributed by atoms with Gasteiger partial charge in [-0.1, -0.05) is 25.0 Å². The number of hydrogen-bond donors (Lipinski definition) is 2. The summed E-state index contributed by atoms with van der Waals surface area (Å²) in [6.45, 7) is 0. The Balaban J connectivity index is 1.55. The summed E-state index contributed by atoms with van der Waals surface area (Å²) >= 11 is 2.96. The van der Waals surface area contributed by atoms with E-state index in [9.17, 15) is 9.59 Å². The van der Waals surface area contributed by atoms with Gasteiger partial charge in [0.15, 0.2) is 5.13 Å². The van der Waals surface area contributed by atoms with Gasteiger partial charge in [-0.05, 0) is 31.2 Å². The molecule has 1 fully saturated rings. The molecular weight excluding hydrogens is 354 g/mol. The number of benzene rings is 1. The summed E-state index contributed by atoms with van der Waals surface area (Å²) in [6, 6.07) is 7.70. The van der Waals surface area contributed by atoms with Crippen molar-refractivity contribution in [1.29, 1.82) is 0 Å². The van der Waals surface area contributed by atoms with Gasteiger partial charge in [0, 0.05) is 16.2 Å². The van der Waals surface area contributed by atoms with Crippen molar-refractivity contribution in [1.82, 2.24) is 4.98 Å². The first kappa shape index (κ1) is 17.9. The van der Waals surface area contributed by atoms with E-state index in [-0.39, 0.29) is 24.2 Å². The van der Waals surface area contributed by atoms with Crippen molar-refractivity contribution in [2.75, 3.05) is 16.9 Å². The predicted octanol–water partition coefficient (Wildman–Crippen LogP) is 4.17. The van der Waals surface area contributed by atoms with Gasteiger partial charge in [-0.2, -0.15) is 0 Å². The van der Waals surface area contributed by atoms with Crippen molar-refractivity contribution in [3.8, 4) is 0 Å².